The molecule has 6 heteroatoms. The number of aromatic nitrogens is 2. The minimum atomic E-state index is -0.190. The molecule has 1 aromatic carbocycles. The standard InChI is InChI=1S/C16H22N4O.ClH/c1-12(13(2)17)16(21)18-8-15-9-19-20(11-15)10-14-6-4-3-5-7-14;/h3-7,9,11-13H,8,10,17H2,1-2H3,(H,18,21);1H. The van der Waals surface area contributed by atoms with Crippen LogP contribution in [0.5, 0.6) is 0 Å². The number of rotatable bonds is 6. The van der Waals surface area contributed by atoms with E-state index < -0.39 is 0 Å². The zero-order valence-corrected chi connectivity index (χ0v) is 13.7. The van der Waals surface area contributed by atoms with Crippen molar-refractivity contribution < 1.29 is 4.79 Å². The van der Waals surface area contributed by atoms with Crippen molar-refractivity contribution in [2.75, 3.05) is 0 Å². The molecule has 3 N–H and O–H groups in total. The molecule has 0 fully saturated rings. The van der Waals surface area contributed by atoms with Gasteiger partial charge in [-0.15, -0.1) is 12.4 Å². The molecule has 0 aliphatic heterocycles. The van der Waals surface area contributed by atoms with Crippen molar-refractivity contribution in [1.29, 1.82) is 0 Å². The monoisotopic (exact) mass is 322 g/mol. The lowest BCUT2D eigenvalue weighted by Gasteiger charge is -2.14. The van der Waals surface area contributed by atoms with Gasteiger partial charge in [0, 0.05) is 30.3 Å². The summed E-state index contributed by atoms with van der Waals surface area (Å²) in [7, 11) is 0. The fourth-order valence-electron chi connectivity index (χ4n) is 1.94. The number of nitrogens with two attached hydrogens (primary N) is 1. The summed E-state index contributed by atoms with van der Waals surface area (Å²) in [4.78, 5) is 11.8. The van der Waals surface area contributed by atoms with E-state index >= 15 is 0 Å². The lowest BCUT2D eigenvalue weighted by molar-refractivity contribution is -0.125. The maximum absolute atomic E-state index is 11.8. The topological polar surface area (TPSA) is 72.9 Å². The average Bonchev–Trinajstić information content (AvgIpc) is 2.92. The normalized spacial score (nSPS) is 13.0. The van der Waals surface area contributed by atoms with Crippen LogP contribution in [0, 0.1) is 5.92 Å². The minimum Gasteiger partial charge on any atom is -0.352 e. The number of hydrogen-bond donors (Lipinski definition) is 2. The van der Waals surface area contributed by atoms with E-state index in [1.165, 1.54) is 5.56 Å². The van der Waals surface area contributed by atoms with Crippen LogP contribution in [0.1, 0.15) is 25.0 Å². The van der Waals surface area contributed by atoms with Gasteiger partial charge in [0.25, 0.3) is 0 Å². The molecule has 0 aliphatic carbocycles. The Bertz CT molecular complexity index is 583. The fraction of sp³-hybridized carbons (Fsp3) is 0.375. The molecule has 0 spiro atoms. The van der Waals surface area contributed by atoms with Gasteiger partial charge in [0.05, 0.1) is 12.7 Å². The highest BCUT2D eigenvalue weighted by molar-refractivity contribution is 5.85. The van der Waals surface area contributed by atoms with Crippen molar-refractivity contribution in [2.24, 2.45) is 11.7 Å². The van der Waals surface area contributed by atoms with Crippen LogP contribution in [-0.2, 0) is 17.9 Å². The molecular formula is C16H23ClN4O. The van der Waals surface area contributed by atoms with Crippen LogP contribution in [-0.4, -0.2) is 21.7 Å². The van der Waals surface area contributed by atoms with Crippen molar-refractivity contribution in [2.45, 2.75) is 33.0 Å². The molecule has 5 nitrogen and oxygen atoms in total. The summed E-state index contributed by atoms with van der Waals surface area (Å²) in [5.74, 6) is -0.217. The third-order valence-electron chi connectivity index (χ3n) is 3.54. The Morgan fingerprint density at radius 1 is 1.27 bits per heavy atom. The third-order valence-corrected chi connectivity index (χ3v) is 3.54. The Balaban J connectivity index is 0.00000242. The van der Waals surface area contributed by atoms with E-state index in [2.05, 4.69) is 22.5 Å². The fourth-order valence-corrected chi connectivity index (χ4v) is 1.94. The zero-order chi connectivity index (χ0) is 15.2. The molecule has 120 valence electrons. The first kappa shape index (κ1) is 18.2. The van der Waals surface area contributed by atoms with Crippen LogP contribution < -0.4 is 11.1 Å². The quantitative estimate of drug-likeness (QED) is 0.853. The number of amides is 1. The van der Waals surface area contributed by atoms with Gasteiger partial charge < -0.3 is 11.1 Å². The molecule has 0 bridgehead atoms. The maximum Gasteiger partial charge on any atom is 0.224 e. The molecule has 1 heterocycles. The zero-order valence-electron chi connectivity index (χ0n) is 12.9. The molecule has 0 radical (unpaired) electrons. The van der Waals surface area contributed by atoms with Gasteiger partial charge in [-0.25, -0.2) is 0 Å². The minimum absolute atomic E-state index is 0. The predicted molar refractivity (Wildman–Crippen MR) is 89.7 cm³/mol. The second kappa shape index (κ2) is 8.56. The molecule has 22 heavy (non-hydrogen) atoms. The van der Waals surface area contributed by atoms with Gasteiger partial charge in [-0.05, 0) is 12.5 Å². The number of hydrogen-bond acceptors (Lipinski definition) is 3. The van der Waals surface area contributed by atoms with Crippen molar-refractivity contribution in [3.8, 4) is 0 Å². The molecule has 1 aromatic heterocycles. The highest BCUT2D eigenvalue weighted by Crippen LogP contribution is 2.05. The van der Waals surface area contributed by atoms with Crippen molar-refractivity contribution in [3.05, 3.63) is 53.9 Å². The van der Waals surface area contributed by atoms with E-state index in [1.807, 2.05) is 42.9 Å². The van der Waals surface area contributed by atoms with Crippen molar-refractivity contribution in [1.82, 2.24) is 15.1 Å². The van der Waals surface area contributed by atoms with E-state index in [9.17, 15) is 4.79 Å². The average molecular weight is 323 g/mol. The van der Waals surface area contributed by atoms with E-state index in [0.717, 1.165) is 12.1 Å². The molecule has 2 aromatic rings. The molecule has 0 aliphatic rings. The lowest BCUT2D eigenvalue weighted by atomic mass is 10.0. The third kappa shape index (κ3) is 5.16. The first-order valence-corrected chi connectivity index (χ1v) is 7.15. The van der Waals surface area contributed by atoms with E-state index in [1.54, 1.807) is 6.20 Å². The van der Waals surface area contributed by atoms with Gasteiger partial charge in [0.2, 0.25) is 5.91 Å². The van der Waals surface area contributed by atoms with Crippen LogP contribution >= 0.6 is 12.4 Å². The number of benzene rings is 1. The highest BCUT2D eigenvalue weighted by atomic mass is 35.5. The smallest absolute Gasteiger partial charge is 0.224 e. The number of carbonyl (C=O) groups is 1. The first-order valence-electron chi connectivity index (χ1n) is 7.15. The van der Waals surface area contributed by atoms with Crippen LogP contribution in [0.15, 0.2) is 42.7 Å². The number of nitrogens with one attached hydrogen (secondary N) is 1. The first-order chi connectivity index (χ1) is 10.1. The second-order valence-electron chi connectivity index (χ2n) is 5.40. The second-order valence-corrected chi connectivity index (χ2v) is 5.40. The van der Waals surface area contributed by atoms with Crippen LogP contribution in [0.2, 0.25) is 0 Å². The summed E-state index contributed by atoms with van der Waals surface area (Å²) in [5, 5.41) is 7.20. The Labute approximate surface area is 137 Å². The Morgan fingerprint density at radius 2 is 1.95 bits per heavy atom. The van der Waals surface area contributed by atoms with Gasteiger partial charge >= 0.3 is 0 Å². The van der Waals surface area contributed by atoms with Gasteiger partial charge in [-0.2, -0.15) is 5.10 Å². The number of carbonyl (C=O) groups excluding carboxylic acids is 1. The van der Waals surface area contributed by atoms with E-state index in [4.69, 9.17) is 5.73 Å². The SMILES string of the molecule is CC(N)C(C)C(=O)NCc1cnn(Cc2ccccc2)c1.Cl. The molecule has 0 saturated carbocycles. The largest absolute Gasteiger partial charge is 0.352 e. The van der Waals surface area contributed by atoms with Crippen molar-refractivity contribution in [3.63, 3.8) is 0 Å². The predicted octanol–water partition coefficient (Wildman–Crippen LogP) is 1.95. The summed E-state index contributed by atoms with van der Waals surface area (Å²) in [6.45, 7) is 4.87. The van der Waals surface area contributed by atoms with Gasteiger partial charge in [-0.1, -0.05) is 37.3 Å². The van der Waals surface area contributed by atoms with Crippen LogP contribution in [0.4, 0.5) is 0 Å². The molecule has 1 amide bonds. The molecular weight excluding hydrogens is 300 g/mol. The van der Waals surface area contributed by atoms with E-state index in [-0.39, 0.29) is 30.3 Å². The number of halogens is 1. The van der Waals surface area contributed by atoms with Crippen LogP contribution in [0.25, 0.3) is 0 Å². The summed E-state index contributed by atoms with van der Waals surface area (Å²) in [6, 6.07) is 9.99. The molecule has 0 saturated heterocycles. The number of nitrogens with zero attached hydrogens (tertiary/aromatic N) is 2. The van der Waals surface area contributed by atoms with Gasteiger partial charge in [0.1, 0.15) is 0 Å². The van der Waals surface area contributed by atoms with Crippen LogP contribution in [0.3, 0.4) is 0 Å². The Hall–Kier alpha value is -1.85. The Kier molecular flexibility index (Phi) is 7.08. The lowest BCUT2D eigenvalue weighted by Crippen LogP contribution is -2.38. The van der Waals surface area contributed by atoms with Crippen molar-refractivity contribution >= 4 is 18.3 Å². The summed E-state index contributed by atoms with van der Waals surface area (Å²) >= 11 is 0. The summed E-state index contributed by atoms with van der Waals surface area (Å²) in [6.07, 6.45) is 3.73. The molecule has 2 unspecified atom stereocenters. The maximum atomic E-state index is 11.8. The van der Waals surface area contributed by atoms with Gasteiger partial charge in [0.15, 0.2) is 0 Å². The Morgan fingerprint density at radius 3 is 2.59 bits per heavy atom. The van der Waals surface area contributed by atoms with E-state index in [0.29, 0.717) is 6.54 Å². The summed E-state index contributed by atoms with van der Waals surface area (Å²) < 4.78 is 1.87. The summed E-state index contributed by atoms with van der Waals surface area (Å²) in [5.41, 5.74) is 7.90. The highest BCUT2D eigenvalue weighted by Gasteiger charge is 2.16. The molecule has 2 rings (SSSR count). The molecule has 2 atom stereocenters. The van der Waals surface area contributed by atoms with Gasteiger partial charge in [-0.3, -0.25) is 9.48 Å².